The molecule has 25 heavy (non-hydrogen) atoms. The minimum atomic E-state index is 0.898. The van der Waals surface area contributed by atoms with Crippen LogP contribution in [-0.4, -0.2) is 4.98 Å². The Morgan fingerprint density at radius 1 is 0.800 bits per heavy atom. The second-order valence-corrected chi connectivity index (χ2v) is 7.45. The highest BCUT2D eigenvalue weighted by atomic mass is 14.7. The summed E-state index contributed by atoms with van der Waals surface area (Å²) in [6.45, 7) is 6.12. The van der Waals surface area contributed by atoms with Crippen LogP contribution in [0.15, 0.2) is 31.0 Å². The molecule has 0 spiro atoms. The van der Waals surface area contributed by atoms with Gasteiger partial charge in [0.05, 0.1) is 0 Å². The Morgan fingerprint density at radius 3 is 1.84 bits per heavy atom. The molecule has 1 nitrogen and oxygen atoms in total. The lowest BCUT2D eigenvalue weighted by atomic mass is 10.0. The van der Waals surface area contributed by atoms with Gasteiger partial charge in [-0.25, -0.2) is 0 Å². The molecule has 0 amide bonds. The molecule has 1 heteroatoms. The van der Waals surface area contributed by atoms with E-state index in [2.05, 4.69) is 30.6 Å². The Kier molecular flexibility index (Phi) is 14.4. The van der Waals surface area contributed by atoms with Crippen molar-refractivity contribution < 1.29 is 0 Å². The standard InChI is InChI=1S/C24H41N/c1-3-5-6-7-8-9-10-11-12-13-14-15-16-17-20-23-21-18-22-25-24(23)19-4-2/h4,18,21-22H,2-3,5-17,19-20H2,1H3. The molecule has 0 aliphatic heterocycles. The summed E-state index contributed by atoms with van der Waals surface area (Å²) in [4.78, 5) is 4.48. The largest absolute Gasteiger partial charge is 0.261 e. The van der Waals surface area contributed by atoms with Crippen molar-refractivity contribution >= 4 is 0 Å². The number of aryl methyl sites for hydroxylation is 1. The van der Waals surface area contributed by atoms with Gasteiger partial charge in [-0.1, -0.05) is 103 Å². The SMILES string of the molecule is C=CCc1ncccc1CCCCCCCCCCCCCCCC. The fourth-order valence-corrected chi connectivity index (χ4v) is 3.53. The predicted molar refractivity (Wildman–Crippen MR) is 112 cm³/mol. The van der Waals surface area contributed by atoms with E-state index in [1.807, 2.05) is 12.3 Å². The van der Waals surface area contributed by atoms with Crippen LogP contribution >= 0.6 is 0 Å². The Morgan fingerprint density at radius 2 is 1.32 bits per heavy atom. The minimum Gasteiger partial charge on any atom is -0.261 e. The summed E-state index contributed by atoms with van der Waals surface area (Å²) >= 11 is 0. The van der Waals surface area contributed by atoms with Crippen molar-refractivity contribution in [3.8, 4) is 0 Å². The summed E-state index contributed by atoms with van der Waals surface area (Å²) in [5.74, 6) is 0. The van der Waals surface area contributed by atoms with E-state index >= 15 is 0 Å². The van der Waals surface area contributed by atoms with E-state index in [1.54, 1.807) is 0 Å². The first kappa shape index (κ1) is 21.9. The van der Waals surface area contributed by atoms with Gasteiger partial charge in [0.15, 0.2) is 0 Å². The number of rotatable bonds is 17. The molecule has 1 aromatic rings. The maximum atomic E-state index is 4.48. The molecule has 0 saturated heterocycles. The predicted octanol–water partition coefficient (Wildman–Crippen LogP) is 7.83. The van der Waals surface area contributed by atoms with Gasteiger partial charge in [-0.05, 0) is 24.5 Å². The molecular weight excluding hydrogens is 302 g/mol. The molecular formula is C24H41N. The second kappa shape index (κ2) is 16.4. The van der Waals surface area contributed by atoms with Crippen LogP contribution in [0.2, 0.25) is 0 Å². The molecule has 1 heterocycles. The van der Waals surface area contributed by atoms with Gasteiger partial charge in [0.25, 0.3) is 0 Å². The van der Waals surface area contributed by atoms with Crippen molar-refractivity contribution in [3.63, 3.8) is 0 Å². The first-order chi connectivity index (χ1) is 12.4. The topological polar surface area (TPSA) is 12.9 Å². The molecule has 0 saturated carbocycles. The van der Waals surface area contributed by atoms with Crippen LogP contribution in [0.1, 0.15) is 108 Å². The lowest BCUT2D eigenvalue weighted by Crippen LogP contribution is -1.96. The van der Waals surface area contributed by atoms with Crippen molar-refractivity contribution in [1.82, 2.24) is 4.98 Å². The maximum Gasteiger partial charge on any atom is 0.0473 e. The van der Waals surface area contributed by atoms with Gasteiger partial charge in [-0.15, -0.1) is 6.58 Å². The molecule has 1 aromatic heterocycles. The molecule has 0 aliphatic rings. The summed E-state index contributed by atoms with van der Waals surface area (Å²) in [5.41, 5.74) is 2.63. The number of nitrogens with zero attached hydrogens (tertiary/aromatic N) is 1. The summed E-state index contributed by atoms with van der Waals surface area (Å²) < 4.78 is 0. The highest BCUT2D eigenvalue weighted by molar-refractivity contribution is 5.21. The minimum absolute atomic E-state index is 0.898. The fourth-order valence-electron chi connectivity index (χ4n) is 3.53. The fraction of sp³-hybridized carbons (Fsp3) is 0.708. The van der Waals surface area contributed by atoms with Crippen LogP contribution in [0.5, 0.6) is 0 Å². The molecule has 142 valence electrons. The van der Waals surface area contributed by atoms with E-state index in [0.29, 0.717) is 0 Å². The monoisotopic (exact) mass is 343 g/mol. The summed E-state index contributed by atoms with van der Waals surface area (Å²) in [6.07, 6.45) is 25.8. The second-order valence-electron chi connectivity index (χ2n) is 7.45. The highest BCUT2D eigenvalue weighted by Crippen LogP contribution is 2.15. The van der Waals surface area contributed by atoms with E-state index in [0.717, 1.165) is 6.42 Å². The third kappa shape index (κ3) is 12.0. The van der Waals surface area contributed by atoms with Gasteiger partial charge in [0.2, 0.25) is 0 Å². The lowest BCUT2D eigenvalue weighted by Gasteiger charge is -2.07. The molecule has 0 aliphatic carbocycles. The average molecular weight is 344 g/mol. The van der Waals surface area contributed by atoms with E-state index in [4.69, 9.17) is 0 Å². The Labute approximate surface area is 157 Å². The van der Waals surface area contributed by atoms with Crippen molar-refractivity contribution in [2.45, 2.75) is 110 Å². The molecule has 0 radical (unpaired) electrons. The molecule has 0 N–H and O–H groups in total. The van der Waals surface area contributed by atoms with Crippen molar-refractivity contribution in [3.05, 3.63) is 42.2 Å². The smallest absolute Gasteiger partial charge is 0.0473 e. The van der Waals surface area contributed by atoms with Crippen LogP contribution in [0.3, 0.4) is 0 Å². The van der Waals surface area contributed by atoms with Gasteiger partial charge >= 0.3 is 0 Å². The Hall–Kier alpha value is -1.11. The quantitative estimate of drug-likeness (QED) is 0.207. The summed E-state index contributed by atoms with van der Waals surface area (Å²) in [5, 5.41) is 0. The molecule has 0 unspecified atom stereocenters. The van der Waals surface area contributed by atoms with E-state index in [-0.39, 0.29) is 0 Å². The van der Waals surface area contributed by atoms with Gasteiger partial charge < -0.3 is 0 Å². The number of hydrogen-bond donors (Lipinski definition) is 0. The average Bonchev–Trinajstić information content (AvgIpc) is 2.63. The van der Waals surface area contributed by atoms with Crippen LogP contribution in [-0.2, 0) is 12.8 Å². The van der Waals surface area contributed by atoms with Gasteiger partial charge in [-0.2, -0.15) is 0 Å². The Balaban J connectivity index is 1.88. The third-order valence-electron chi connectivity index (χ3n) is 5.12. The highest BCUT2D eigenvalue weighted by Gasteiger charge is 2.01. The summed E-state index contributed by atoms with van der Waals surface area (Å²) in [6, 6.07) is 4.29. The molecule has 0 atom stereocenters. The van der Waals surface area contributed by atoms with Crippen molar-refractivity contribution in [2.75, 3.05) is 0 Å². The van der Waals surface area contributed by atoms with Crippen molar-refractivity contribution in [2.24, 2.45) is 0 Å². The van der Waals surface area contributed by atoms with Crippen LogP contribution < -0.4 is 0 Å². The zero-order valence-electron chi connectivity index (χ0n) is 16.8. The normalized spacial score (nSPS) is 10.9. The Bertz CT molecular complexity index is 424. The first-order valence-corrected chi connectivity index (χ1v) is 10.9. The van der Waals surface area contributed by atoms with Gasteiger partial charge in [0, 0.05) is 18.3 Å². The van der Waals surface area contributed by atoms with E-state index < -0.39 is 0 Å². The number of allylic oxidation sites excluding steroid dienone is 1. The van der Waals surface area contributed by atoms with Gasteiger partial charge in [-0.3, -0.25) is 4.98 Å². The number of pyridine rings is 1. The number of unbranched alkanes of at least 4 members (excludes halogenated alkanes) is 13. The first-order valence-electron chi connectivity index (χ1n) is 10.9. The number of hydrogen-bond acceptors (Lipinski definition) is 1. The van der Waals surface area contributed by atoms with Crippen LogP contribution in [0.25, 0.3) is 0 Å². The molecule has 0 fully saturated rings. The number of aromatic nitrogens is 1. The molecule has 0 bridgehead atoms. The van der Waals surface area contributed by atoms with Gasteiger partial charge in [0.1, 0.15) is 0 Å². The van der Waals surface area contributed by atoms with Crippen molar-refractivity contribution in [1.29, 1.82) is 0 Å². The van der Waals surface area contributed by atoms with Crippen LogP contribution in [0.4, 0.5) is 0 Å². The molecule has 0 aromatic carbocycles. The van der Waals surface area contributed by atoms with E-state index in [9.17, 15) is 0 Å². The zero-order valence-corrected chi connectivity index (χ0v) is 16.8. The van der Waals surface area contributed by atoms with Crippen LogP contribution in [0, 0.1) is 0 Å². The van der Waals surface area contributed by atoms with E-state index in [1.165, 1.54) is 108 Å². The third-order valence-corrected chi connectivity index (χ3v) is 5.12. The molecule has 1 rings (SSSR count). The zero-order chi connectivity index (χ0) is 18.0. The lowest BCUT2D eigenvalue weighted by molar-refractivity contribution is 0.535. The summed E-state index contributed by atoms with van der Waals surface area (Å²) in [7, 11) is 0. The maximum absolute atomic E-state index is 4.48.